The normalized spacial score (nSPS) is 10.0. The molecule has 1 aromatic heterocycles. The van der Waals surface area contributed by atoms with E-state index in [9.17, 15) is 0 Å². The first-order valence-electron chi connectivity index (χ1n) is 4.20. The van der Waals surface area contributed by atoms with Gasteiger partial charge in [0.1, 0.15) is 6.33 Å². The number of likely N-dealkylation sites (N-methyl/N-ethyl adjacent to an activating group) is 1. The molecule has 0 saturated carbocycles. The van der Waals surface area contributed by atoms with Crippen molar-refractivity contribution in [3.05, 3.63) is 12.5 Å². The highest BCUT2D eigenvalue weighted by atomic mass is 16.3. The number of rotatable bonds is 4. The summed E-state index contributed by atoms with van der Waals surface area (Å²) in [6, 6.07) is 0. The van der Waals surface area contributed by atoms with E-state index in [1.54, 1.807) is 6.20 Å². The fourth-order valence-electron chi connectivity index (χ4n) is 1.13. The van der Waals surface area contributed by atoms with Crippen LogP contribution in [-0.2, 0) is 0 Å². The second-order valence-corrected chi connectivity index (χ2v) is 2.60. The zero-order valence-electron chi connectivity index (χ0n) is 7.64. The highest BCUT2D eigenvalue weighted by Gasteiger charge is 2.07. The van der Waals surface area contributed by atoms with Gasteiger partial charge in [-0.1, -0.05) is 0 Å². The number of anilines is 2. The van der Waals surface area contributed by atoms with Crippen LogP contribution in [0.3, 0.4) is 0 Å². The van der Waals surface area contributed by atoms with Crippen molar-refractivity contribution in [2.24, 2.45) is 0 Å². The monoisotopic (exact) mass is 182 g/mol. The number of hydrogen-bond donors (Lipinski definition) is 2. The van der Waals surface area contributed by atoms with Crippen LogP contribution in [-0.4, -0.2) is 34.8 Å². The molecular weight excluding hydrogens is 168 g/mol. The Kier molecular flexibility index (Phi) is 3.45. The van der Waals surface area contributed by atoms with Crippen LogP contribution in [0.25, 0.3) is 0 Å². The SMILES string of the molecule is CCN(CCO)c1ncncc1N. The zero-order chi connectivity index (χ0) is 9.68. The molecule has 0 aliphatic rings. The first kappa shape index (κ1) is 9.73. The van der Waals surface area contributed by atoms with E-state index in [-0.39, 0.29) is 6.61 Å². The molecule has 0 aliphatic heterocycles. The number of hydrogen-bond acceptors (Lipinski definition) is 5. The maximum Gasteiger partial charge on any atom is 0.155 e. The lowest BCUT2D eigenvalue weighted by molar-refractivity contribution is 0.302. The molecule has 0 bridgehead atoms. The summed E-state index contributed by atoms with van der Waals surface area (Å²) in [5, 5.41) is 8.79. The van der Waals surface area contributed by atoms with Crippen LogP contribution in [0.2, 0.25) is 0 Å². The average Bonchev–Trinajstić information content (AvgIpc) is 2.16. The van der Waals surface area contributed by atoms with Crippen LogP contribution >= 0.6 is 0 Å². The summed E-state index contributed by atoms with van der Waals surface area (Å²) in [5.74, 6) is 0.687. The van der Waals surface area contributed by atoms with Gasteiger partial charge in [-0.15, -0.1) is 0 Å². The molecule has 1 aromatic rings. The smallest absolute Gasteiger partial charge is 0.155 e. The second kappa shape index (κ2) is 4.61. The third kappa shape index (κ3) is 2.29. The lowest BCUT2D eigenvalue weighted by Crippen LogP contribution is -2.27. The molecule has 13 heavy (non-hydrogen) atoms. The molecular formula is C8H14N4O. The van der Waals surface area contributed by atoms with E-state index in [4.69, 9.17) is 10.8 Å². The first-order chi connectivity index (χ1) is 6.29. The van der Waals surface area contributed by atoms with Crippen molar-refractivity contribution in [1.29, 1.82) is 0 Å². The molecule has 0 amide bonds. The van der Waals surface area contributed by atoms with Gasteiger partial charge >= 0.3 is 0 Å². The highest BCUT2D eigenvalue weighted by molar-refractivity contribution is 5.60. The van der Waals surface area contributed by atoms with Crippen LogP contribution in [0, 0.1) is 0 Å². The fourth-order valence-corrected chi connectivity index (χ4v) is 1.13. The lowest BCUT2D eigenvalue weighted by atomic mass is 10.4. The Hall–Kier alpha value is -1.36. The van der Waals surface area contributed by atoms with Gasteiger partial charge < -0.3 is 15.7 Å². The first-order valence-corrected chi connectivity index (χ1v) is 4.20. The van der Waals surface area contributed by atoms with Crippen molar-refractivity contribution in [2.45, 2.75) is 6.92 Å². The largest absolute Gasteiger partial charge is 0.395 e. The molecule has 5 heteroatoms. The van der Waals surface area contributed by atoms with E-state index < -0.39 is 0 Å². The summed E-state index contributed by atoms with van der Waals surface area (Å²) in [6.07, 6.45) is 3.01. The fraction of sp³-hybridized carbons (Fsp3) is 0.500. The molecule has 0 aromatic carbocycles. The van der Waals surface area contributed by atoms with Crippen LogP contribution < -0.4 is 10.6 Å². The summed E-state index contributed by atoms with van der Waals surface area (Å²) in [4.78, 5) is 9.74. The Morgan fingerprint density at radius 2 is 2.38 bits per heavy atom. The molecule has 0 radical (unpaired) electrons. The summed E-state index contributed by atoms with van der Waals surface area (Å²) in [5.41, 5.74) is 6.22. The molecule has 1 rings (SSSR count). The Morgan fingerprint density at radius 3 is 2.92 bits per heavy atom. The Bertz CT molecular complexity index is 266. The quantitative estimate of drug-likeness (QED) is 0.678. The van der Waals surface area contributed by atoms with Crippen LogP contribution in [0.5, 0.6) is 0 Å². The van der Waals surface area contributed by atoms with Crippen molar-refractivity contribution in [3.8, 4) is 0 Å². The molecule has 0 atom stereocenters. The topological polar surface area (TPSA) is 75.3 Å². The zero-order valence-corrected chi connectivity index (χ0v) is 7.64. The summed E-state index contributed by atoms with van der Waals surface area (Å²) >= 11 is 0. The maximum atomic E-state index is 8.79. The Labute approximate surface area is 77.2 Å². The second-order valence-electron chi connectivity index (χ2n) is 2.60. The predicted octanol–water partition coefficient (Wildman–Crippen LogP) is -0.123. The van der Waals surface area contributed by atoms with Gasteiger partial charge in [0.2, 0.25) is 0 Å². The minimum atomic E-state index is 0.0945. The third-order valence-corrected chi connectivity index (χ3v) is 1.77. The van der Waals surface area contributed by atoms with Crippen molar-refractivity contribution >= 4 is 11.5 Å². The van der Waals surface area contributed by atoms with E-state index in [1.165, 1.54) is 6.33 Å². The minimum Gasteiger partial charge on any atom is -0.395 e. The number of aliphatic hydroxyl groups is 1. The van der Waals surface area contributed by atoms with Crippen molar-refractivity contribution in [3.63, 3.8) is 0 Å². The average molecular weight is 182 g/mol. The number of aliphatic hydroxyl groups excluding tert-OH is 1. The van der Waals surface area contributed by atoms with Crippen LogP contribution in [0.15, 0.2) is 12.5 Å². The highest BCUT2D eigenvalue weighted by Crippen LogP contribution is 2.16. The van der Waals surface area contributed by atoms with Crippen molar-refractivity contribution in [1.82, 2.24) is 9.97 Å². The summed E-state index contributed by atoms with van der Waals surface area (Å²) < 4.78 is 0. The molecule has 0 fully saturated rings. The van der Waals surface area contributed by atoms with Gasteiger partial charge in [0.05, 0.1) is 18.5 Å². The summed E-state index contributed by atoms with van der Waals surface area (Å²) in [7, 11) is 0. The van der Waals surface area contributed by atoms with E-state index in [2.05, 4.69) is 9.97 Å². The van der Waals surface area contributed by atoms with E-state index >= 15 is 0 Å². The number of nitrogens with zero attached hydrogens (tertiary/aromatic N) is 3. The minimum absolute atomic E-state index is 0.0945. The van der Waals surface area contributed by atoms with Gasteiger partial charge in [-0.05, 0) is 6.92 Å². The van der Waals surface area contributed by atoms with Crippen molar-refractivity contribution < 1.29 is 5.11 Å². The van der Waals surface area contributed by atoms with Gasteiger partial charge in [0.25, 0.3) is 0 Å². The number of nitrogen functional groups attached to an aromatic ring is 1. The van der Waals surface area contributed by atoms with E-state index in [0.29, 0.717) is 18.1 Å². The van der Waals surface area contributed by atoms with E-state index in [0.717, 1.165) is 6.54 Å². The standard InChI is InChI=1S/C8H14N4O/c1-2-12(3-4-13)8-7(9)5-10-6-11-8/h5-6,13H,2-4,9H2,1H3. The summed E-state index contributed by atoms with van der Waals surface area (Å²) in [6.45, 7) is 3.38. The molecule has 0 unspecified atom stereocenters. The van der Waals surface area contributed by atoms with E-state index in [1.807, 2.05) is 11.8 Å². The molecule has 0 spiro atoms. The van der Waals surface area contributed by atoms with Gasteiger partial charge in [0.15, 0.2) is 5.82 Å². The lowest BCUT2D eigenvalue weighted by Gasteiger charge is -2.21. The Morgan fingerprint density at radius 1 is 1.62 bits per heavy atom. The molecule has 72 valence electrons. The molecule has 5 nitrogen and oxygen atoms in total. The third-order valence-electron chi connectivity index (χ3n) is 1.77. The predicted molar refractivity (Wildman–Crippen MR) is 51.4 cm³/mol. The van der Waals surface area contributed by atoms with Crippen LogP contribution in [0.1, 0.15) is 6.92 Å². The van der Waals surface area contributed by atoms with Crippen LogP contribution in [0.4, 0.5) is 11.5 Å². The Balaban J connectivity index is 2.84. The van der Waals surface area contributed by atoms with Gasteiger partial charge in [0, 0.05) is 13.1 Å². The number of nitrogens with two attached hydrogens (primary N) is 1. The molecule has 1 heterocycles. The van der Waals surface area contributed by atoms with Gasteiger partial charge in [-0.2, -0.15) is 0 Å². The van der Waals surface area contributed by atoms with Gasteiger partial charge in [-0.25, -0.2) is 9.97 Å². The van der Waals surface area contributed by atoms with Crippen molar-refractivity contribution in [2.75, 3.05) is 30.3 Å². The molecule has 0 saturated heterocycles. The van der Waals surface area contributed by atoms with Gasteiger partial charge in [-0.3, -0.25) is 0 Å². The maximum absolute atomic E-state index is 8.79. The number of aromatic nitrogens is 2. The molecule has 0 aliphatic carbocycles. The molecule has 3 N–H and O–H groups in total.